The second kappa shape index (κ2) is 4.18. The standard InChI is InChI=1S/C13H15Cl/c1-10(9-14)8-12-4-2-3-5-13(12)11-6-7-11/h2-5,8,11H,6-7,9H2,1H3. The van der Waals surface area contributed by atoms with Crippen LogP contribution >= 0.6 is 11.6 Å². The second-order valence-corrected chi connectivity index (χ2v) is 4.29. The number of benzene rings is 1. The maximum Gasteiger partial charge on any atom is 0.0434 e. The molecule has 1 aliphatic rings. The lowest BCUT2D eigenvalue weighted by Crippen LogP contribution is -1.86. The molecule has 74 valence electrons. The molecule has 1 saturated carbocycles. The summed E-state index contributed by atoms with van der Waals surface area (Å²) in [6, 6.07) is 8.65. The predicted molar refractivity (Wildman–Crippen MR) is 62.8 cm³/mol. The molecule has 0 unspecified atom stereocenters. The molecule has 1 fully saturated rings. The number of halogens is 1. The molecule has 1 heteroatoms. The SMILES string of the molecule is CC(=Cc1ccccc1C1CC1)CCl. The highest BCUT2D eigenvalue weighted by Crippen LogP contribution is 2.42. The molecule has 1 aromatic rings. The van der Waals surface area contributed by atoms with E-state index in [9.17, 15) is 0 Å². The van der Waals surface area contributed by atoms with Crippen molar-refractivity contribution < 1.29 is 0 Å². The first-order valence-corrected chi connectivity index (χ1v) is 5.67. The first-order chi connectivity index (χ1) is 6.81. The van der Waals surface area contributed by atoms with Crippen molar-refractivity contribution in [3.8, 4) is 0 Å². The minimum atomic E-state index is 0.624. The molecule has 0 N–H and O–H groups in total. The van der Waals surface area contributed by atoms with Crippen LogP contribution in [0.2, 0.25) is 0 Å². The molecule has 0 aliphatic heterocycles. The summed E-state index contributed by atoms with van der Waals surface area (Å²) in [5, 5.41) is 0. The van der Waals surface area contributed by atoms with E-state index in [0.717, 1.165) is 5.92 Å². The van der Waals surface area contributed by atoms with E-state index < -0.39 is 0 Å². The zero-order valence-electron chi connectivity index (χ0n) is 8.46. The van der Waals surface area contributed by atoms with Gasteiger partial charge >= 0.3 is 0 Å². The van der Waals surface area contributed by atoms with Crippen LogP contribution in [-0.2, 0) is 0 Å². The maximum absolute atomic E-state index is 5.78. The van der Waals surface area contributed by atoms with Crippen LogP contribution in [0.1, 0.15) is 36.8 Å². The number of alkyl halides is 1. The molecule has 1 aliphatic carbocycles. The van der Waals surface area contributed by atoms with Crippen LogP contribution in [0.3, 0.4) is 0 Å². The van der Waals surface area contributed by atoms with Gasteiger partial charge in [0.2, 0.25) is 0 Å². The van der Waals surface area contributed by atoms with Gasteiger partial charge in [0.05, 0.1) is 0 Å². The molecule has 0 atom stereocenters. The Kier molecular flexibility index (Phi) is 2.93. The van der Waals surface area contributed by atoms with Gasteiger partial charge in [-0.3, -0.25) is 0 Å². The third kappa shape index (κ3) is 2.19. The van der Waals surface area contributed by atoms with Crippen molar-refractivity contribution in [3.63, 3.8) is 0 Å². The quantitative estimate of drug-likeness (QED) is 0.650. The maximum atomic E-state index is 5.78. The number of hydrogen-bond acceptors (Lipinski definition) is 0. The Morgan fingerprint density at radius 3 is 2.79 bits per heavy atom. The van der Waals surface area contributed by atoms with Crippen molar-refractivity contribution in [3.05, 3.63) is 41.0 Å². The summed E-state index contributed by atoms with van der Waals surface area (Å²) in [5.41, 5.74) is 4.09. The van der Waals surface area contributed by atoms with Gasteiger partial charge < -0.3 is 0 Å². The van der Waals surface area contributed by atoms with Gasteiger partial charge in [-0.05, 0) is 36.8 Å². The van der Waals surface area contributed by atoms with Crippen molar-refractivity contribution in [2.45, 2.75) is 25.7 Å². The van der Waals surface area contributed by atoms with Crippen LogP contribution in [0.4, 0.5) is 0 Å². The van der Waals surface area contributed by atoms with Crippen LogP contribution in [0.5, 0.6) is 0 Å². The summed E-state index contributed by atoms with van der Waals surface area (Å²) < 4.78 is 0. The predicted octanol–water partition coefficient (Wildman–Crippen LogP) is 4.21. The highest BCUT2D eigenvalue weighted by Gasteiger charge is 2.24. The summed E-state index contributed by atoms with van der Waals surface area (Å²) in [5.74, 6) is 1.43. The van der Waals surface area contributed by atoms with Gasteiger partial charge in [0.25, 0.3) is 0 Å². The van der Waals surface area contributed by atoms with Crippen LogP contribution in [0.25, 0.3) is 6.08 Å². The van der Waals surface area contributed by atoms with Crippen molar-refractivity contribution in [2.75, 3.05) is 5.88 Å². The van der Waals surface area contributed by atoms with Crippen molar-refractivity contribution in [1.82, 2.24) is 0 Å². The van der Waals surface area contributed by atoms with E-state index in [2.05, 4.69) is 37.3 Å². The van der Waals surface area contributed by atoms with Crippen molar-refractivity contribution in [2.24, 2.45) is 0 Å². The molecule has 0 saturated heterocycles. The Morgan fingerprint density at radius 1 is 1.43 bits per heavy atom. The van der Waals surface area contributed by atoms with Crippen molar-refractivity contribution in [1.29, 1.82) is 0 Å². The molecular weight excluding hydrogens is 192 g/mol. The van der Waals surface area contributed by atoms with E-state index in [1.54, 1.807) is 0 Å². The second-order valence-electron chi connectivity index (χ2n) is 4.03. The van der Waals surface area contributed by atoms with E-state index in [-0.39, 0.29) is 0 Å². The summed E-state index contributed by atoms with van der Waals surface area (Å²) in [6.07, 6.45) is 4.91. The summed E-state index contributed by atoms with van der Waals surface area (Å²) in [6.45, 7) is 2.08. The zero-order chi connectivity index (χ0) is 9.97. The molecule has 0 heterocycles. The van der Waals surface area contributed by atoms with Gasteiger partial charge in [0.15, 0.2) is 0 Å². The van der Waals surface area contributed by atoms with Gasteiger partial charge in [-0.2, -0.15) is 0 Å². The van der Waals surface area contributed by atoms with Gasteiger partial charge in [-0.1, -0.05) is 35.9 Å². The fraction of sp³-hybridized carbons (Fsp3) is 0.385. The van der Waals surface area contributed by atoms with Crippen molar-refractivity contribution >= 4 is 17.7 Å². The highest BCUT2D eigenvalue weighted by molar-refractivity contribution is 6.19. The summed E-state index contributed by atoms with van der Waals surface area (Å²) in [4.78, 5) is 0. The fourth-order valence-corrected chi connectivity index (χ4v) is 1.79. The molecule has 0 aromatic heterocycles. The van der Waals surface area contributed by atoms with E-state index in [0.29, 0.717) is 5.88 Å². The molecular formula is C13H15Cl. The van der Waals surface area contributed by atoms with Gasteiger partial charge in [0.1, 0.15) is 0 Å². The molecule has 0 nitrogen and oxygen atoms in total. The molecule has 14 heavy (non-hydrogen) atoms. The fourth-order valence-electron chi connectivity index (χ4n) is 1.71. The molecule has 0 radical (unpaired) electrons. The Bertz CT molecular complexity index is 348. The lowest BCUT2D eigenvalue weighted by Gasteiger charge is -2.04. The van der Waals surface area contributed by atoms with E-state index in [1.807, 2.05) is 0 Å². The average molecular weight is 207 g/mol. The van der Waals surface area contributed by atoms with Gasteiger partial charge in [-0.25, -0.2) is 0 Å². The Labute approximate surface area is 90.6 Å². The van der Waals surface area contributed by atoms with Crippen LogP contribution < -0.4 is 0 Å². The Balaban J connectivity index is 2.31. The third-order valence-electron chi connectivity index (χ3n) is 2.63. The topological polar surface area (TPSA) is 0 Å². The zero-order valence-corrected chi connectivity index (χ0v) is 9.22. The minimum Gasteiger partial charge on any atom is -0.122 e. The van der Waals surface area contributed by atoms with E-state index in [1.165, 1.54) is 29.5 Å². The number of allylic oxidation sites excluding steroid dienone is 1. The third-order valence-corrected chi connectivity index (χ3v) is 3.05. The average Bonchev–Trinajstić information content (AvgIpc) is 3.02. The smallest absolute Gasteiger partial charge is 0.0434 e. The Hall–Kier alpha value is -0.750. The van der Waals surface area contributed by atoms with E-state index in [4.69, 9.17) is 11.6 Å². The summed E-state index contributed by atoms with van der Waals surface area (Å²) >= 11 is 5.78. The highest BCUT2D eigenvalue weighted by atomic mass is 35.5. The van der Waals surface area contributed by atoms with Gasteiger partial charge in [0, 0.05) is 5.88 Å². The van der Waals surface area contributed by atoms with Gasteiger partial charge in [-0.15, -0.1) is 11.6 Å². The molecule has 0 bridgehead atoms. The summed E-state index contributed by atoms with van der Waals surface area (Å²) in [7, 11) is 0. The lowest BCUT2D eigenvalue weighted by atomic mass is 10.0. The minimum absolute atomic E-state index is 0.624. The van der Waals surface area contributed by atoms with E-state index >= 15 is 0 Å². The molecule has 2 rings (SSSR count). The molecule has 0 amide bonds. The molecule has 1 aromatic carbocycles. The first kappa shape index (κ1) is 9.79. The Morgan fingerprint density at radius 2 is 2.14 bits per heavy atom. The largest absolute Gasteiger partial charge is 0.122 e. The number of hydrogen-bond donors (Lipinski definition) is 0. The van der Waals surface area contributed by atoms with Crippen LogP contribution in [0.15, 0.2) is 29.8 Å². The first-order valence-electron chi connectivity index (χ1n) is 5.13. The monoisotopic (exact) mass is 206 g/mol. The lowest BCUT2D eigenvalue weighted by molar-refractivity contribution is 1.12. The normalized spacial score (nSPS) is 17.1. The van der Waals surface area contributed by atoms with Crippen LogP contribution in [0, 0.1) is 0 Å². The molecule has 0 spiro atoms. The van der Waals surface area contributed by atoms with Crippen LogP contribution in [-0.4, -0.2) is 5.88 Å². The number of rotatable bonds is 3.